The van der Waals surface area contributed by atoms with E-state index in [1.54, 1.807) is 47.0 Å². The lowest BCUT2D eigenvalue weighted by molar-refractivity contribution is 1.16. The fourth-order valence-corrected chi connectivity index (χ4v) is 15.3. The second-order valence-corrected chi connectivity index (χ2v) is 25.5. The Bertz CT molecular complexity index is 3120. The quantitative estimate of drug-likeness (QED) is 0.149. The first-order valence-corrected chi connectivity index (χ1v) is 29.5. The molecule has 7 aromatic rings. The van der Waals surface area contributed by atoms with Gasteiger partial charge >= 0.3 is 0 Å². The molecule has 9 rings (SSSR count). The Morgan fingerprint density at radius 2 is 0.690 bits per heavy atom. The van der Waals surface area contributed by atoms with Crippen LogP contribution in [0.15, 0.2) is 149 Å². The van der Waals surface area contributed by atoms with Crippen molar-refractivity contribution in [3.63, 3.8) is 0 Å². The van der Waals surface area contributed by atoms with E-state index in [1.807, 2.05) is 12.1 Å². The van der Waals surface area contributed by atoms with E-state index in [2.05, 4.69) is 220 Å². The summed E-state index contributed by atoms with van der Waals surface area (Å²) in [6, 6.07) is 40.3. The van der Waals surface area contributed by atoms with Crippen LogP contribution in [0.1, 0.15) is 55.6 Å². The highest BCUT2D eigenvalue weighted by Crippen LogP contribution is 2.46. The van der Waals surface area contributed by atoms with Crippen LogP contribution in [0.5, 0.6) is 0 Å². The summed E-state index contributed by atoms with van der Waals surface area (Å²) >= 11 is 23.2. The molecule has 2 aliphatic heterocycles. The van der Waals surface area contributed by atoms with Crippen LogP contribution in [0.3, 0.4) is 0 Å². The van der Waals surface area contributed by atoms with Crippen LogP contribution in [0.2, 0.25) is 0 Å². The van der Waals surface area contributed by atoms with Crippen LogP contribution in [0.4, 0.5) is 22.7 Å². The van der Waals surface area contributed by atoms with E-state index < -0.39 is 0 Å². The number of benzene rings is 7. The predicted molar refractivity (Wildman–Crippen MR) is 334 cm³/mol. The SMILES string of the molecule is Brc1cc(Br)c(N=C2SCCSC2=Nc2c(-c3ccccc3)cc(-c3ccccc3)cc2-c2ccccc2)c(Br)c1.Cc1c(C)c(C)c(N=C2SC(=S)SC2=Nc2c(C)c(C)c(C)c(C)c2C)c(C)c1C. The lowest BCUT2D eigenvalue weighted by Gasteiger charge is -2.19. The molecule has 0 saturated carbocycles. The van der Waals surface area contributed by atoms with Crippen LogP contribution in [-0.2, 0) is 0 Å². The van der Waals surface area contributed by atoms with Crippen molar-refractivity contribution in [3.8, 4) is 33.4 Å². The highest BCUT2D eigenvalue weighted by molar-refractivity contribution is 9.11. The number of rotatable bonds is 7. The predicted octanol–water partition coefficient (Wildman–Crippen LogP) is 20.5. The largest absolute Gasteiger partial charge is 0.238 e. The molecule has 0 atom stereocenters. The summed E-state index contributed by atoms with van der Waals surface area (Å²) in [7, 11) is 0. The highest BCUT2D eigenvalue weighted by atomic mass is 79.9. The minimum atomic E-state index is 0.858. The van der Waals surface area contributed by atoms with Crippen LogP contribution >= 0.6 is 107 Å². The molecule has 12 heteroatoms. The summed E-state index contributed by atoms with van der Waals surface area (Å²) in [4.78, 5) is 20.8. The van der Waals surface area contributed by atoms with E-state index in [4.69, 9.17) is 32.2 Å². The first-order valence-electron chi connectivity index (χ1n) is 23.2. The van der Waals surface area contributed by atoms with Gasteiger partial charge in [0.2, 0.25) is 0 Å². The van der Waals surface area contributed by atoms with Gasteiger partial charge in [0.05, 0.1) is 22.7 Å². The van der Waals surface area contributed by atoms with Crippen molar-refractivity contribution in [1.82, 2.24) is 0 Å². The zero-order chi connectivity index (χ0) is 50.7. The van der Waals surface area contributed by atoms with Gasteiger partial charge in [0.15, 0.2) is 0 Å². The van der Waals surface area contributed by atoms with Gasteiger partial charge in [0.1, 0.15) is 23.7 Å². The lowest BCUT2D eigenvalue weighted by atomic mass is 9.91. The number of thiocarbonyl (C=S) groups is 1. The molecule has 0 aromatic heterocycles. The van der Waals surface area contributed by atoms with Gasteiger partial charge < -0.3 is 0 Å². The van der Waals surface area contributed by atoms with Crippen LogP contribution in [0.25, 0.3) is 33.4 Å². The summed E-state index contributed by atoms with van der Waals surface area (Å²) in [5.74, 6) is 1.97. The summed E-state index contributed by atoms with van der Waals surface area (Å²) in [5, 5.41) is 3.68. The standard InChI is InChI=1S/C34H23Br3N2S2.C25H30N2S3/c35-26-20-29(36)32(30(37)21-26)39-34-33(40-16-17-41-34)38-31-27(23-12-6-2-7-13-23)18-25(22-10-4-1-5-11-22)19-28(31)24-14-8-3-9-15-24;1-11-13(3)17(7)21(18(8)14(11)4)26-23-24(30-25(28)29-23)27-22-19(9)15(5)12(2)16(6)20(22)10/h1-15,18-21H,16-17H2;1-10H3. The molecule has 7 aromatic carbocycles. The van der Waals surface area contributed by atoms with Crippen molar-refractivity contribution in [2.45, 2.75) is 69.2 Å². The van der Waals surface area contributed by atoms with Crippen LogP contribution < -0.4 is 0 Å². The van der Waals surface area contributed by atoms with Gasteiger partial charge in [-0.1, -0.05) is 119 Å². The van der Waals surface area contributed by atoms with Crippen molar-refractivity contribution in [1.29, 1.82) is 0 Å². The minimum Gasteiger partial charge on any atom is -0.238 e. The number of thioether (sulfide) groups is 4. The first-order chi connectivity index (χ1) is 34.0. The molecule has 0 radical (unpaired) electrons. The summed E-state index contributed by atoms with van der Waals surface area (Å²) in [5.41, 5.74) is 23.6. The molecule has 0 bridgehead atoms. The molecule has 71 heavy (non-hydrogen) atoms. The topological polar surface area (TPSA) is 49.4 Å². The zero-order valence-electron chi connectivity index (χ0n) is 41.3. The molecule has 2 saturated heterocycles. The fraction of sp³-hybridized carbons (Fsp3) is 0.203. The molecule has 0 unspecified atom stereocenters. The van der Waals surface area contributed by atoms with E-state index in [0.717, 1.165) is 99.2 Å². The van der Waals surface area contributed by atoms with Gasteiger partial charge in [-0.3, -0.25) is 0 Å². The fourth-order valence-electron chi connectivity index (χ4n) is 8.54. The smallest absolute Gasteiger partial charge is 0.135 e. The summed E-state index contributed by atoms with van der Waals surface area (Å²) in [6.07, 6.45) is 0. The normalized spacial score (nSPS) is 16.0. The molecule has 0 aliphatic carbocycles. The van der Waals surface area contributed by atoms with E-state index in [1.165, 1.54) is 61.2 Å². The number of aliphatic imine (C=N–C) groups is 4. The maximum absolute atomic E-state index is 5.55. The Hall–Kier alpha value is -3.85. The molecule has 2 heterocycles. The van der Waals surface area contributed by atoms with Crippen molar-refractivity contribution >= 4 is 154 Å². The van der Waals surface area contributed by atoms with Crippen molar-refractivity contribution in [2.24, 2.45) is 20.0 Å². The Kier molecular flexibility index (Phi) is 17.7. The van der Waals surface area contributed by atoms with Crippen LogP contribution in [-0.4, -0.2) is 35.2 Å². The number of nitrogens with zero attached hydrogens (tertiary/aromatic N) is 4. The van der Waals surface area contributed by atoms with E-state index in [0.29, 0.717) is 0 Å². The van der Waals surface area contributed by atoms with Gasteiger partial charge in [-0.25, -0.2) is 20.0 Å². The average molecular weight is 1220 g/mol. The second kappa shape index (κ2) is 23.6. The Morgan fingerprint density at radius 3 is 1.07 bits per heavy atom. The molecule has 0 N–H and O–H groups in total. The monoisotopic (exact) mass is 1210 g/mol. The number of halogens is 3. The first kappa shape index (κ1) is 53.4. The molecule has 4 nitrogen and oxygen atoms in total. The van der Waals surface area contributed by atoms with Crippen molar-refractivity contribution in [3.05, 3.63) is 184 Å². The van der Waals surface area contributed by atoms with Gasteiger partial charge in [-0.15, -0.1) is 23.5 Å². The third kappa shape index (κ3) is 11.9. The molecule has 360 valence electrons. The summed E-state index contributed by atoms with van der Waals surface area (Å²) < 4.78 is 3.69. The van der Waals surface area contributed by atoms with Gasteiger partial charge in [-0.05, 0) is 227 Å². The van der Waals surface area contributed by atoms with Crippen LogP contribution in [0, 0.1) is 69.2 Å². The molecule has 2 fully saturated rings. The molecular formula is C59H53Br3N4S5. The summed E-state index contributed by atoms with van der Waals surface area (Å²) in [6.45, 7) is 21.8. The van der Waals surface area contributed by atoms with Crippen molar-refractivity contribution < 1.29 is 0 Å². The molecule has 2 aliphatic rings. The van der Waals surface area contributed by atoms with Crippen molar-refractivity contribution in [2.75, 3.05) is 11.5 Å². The Morgan fingerprint density at radius 1 is 0.366 bits per heavy atom. The average Bonchev–Trinajstić information content (AvgIpc) is 3.74. The minimum absolute atomic E-state index is 0.858. The number of hydrogen-bond acceptors (Lipinski definition) is 9. The van der Waals surface area contributed by atoms with Gasteiger partial charge in [0.25, 0.3) is 0 Å². The highest BCUT2D eigenvalue weighted by Gasteiger charge is 2.27. The van der Waals surface area contributed by atoms with E-state index >= 15 is 0 Å². The Labute approximate surface area is 467 Å². The maximum Gasteiger partial charge on any atom is 0.135 e. The second-order valence-electron chi connectivity index (χ2n) is 17.5. The number of hydrogen-bond donors (Lipinski definition) is 0. The zero-order valence-corrected chi connectivity index (χ0v) is 50.2. The third-order valence-corrected chi connectivity index (χ3v) is 19.8. The molecule has 0 spiro atoms. The van der Waals surface area contributed by atoms with E-state index in [9.17, 15) is 0 Å². The van der Waals surface area contributed by atoms with Gasteiger partial charge in [-0.2, -0.15) is 0 Å². The molecular weight excluding hydrogens is 1160 g/mol. The maximum atomic E-state index is 5.55. The molecule has 0 amide bonds. The van der Waals surface area contributed by atoms with Gasteiger partial charge in [0, 0.05) is 36.1 Å². The lowest BCUT2D eigenvalue weighted by Crippen LogP contribution is -2.14. The Balaban J connectivity index is 0.000000201. The third-order valence-electron chi connectivity index (χ3n) is 13.4. The van der Waals surface area contributed by atoms with E-state index in [-0.39, 0.29) is 0 Å².